The molecule has 0 spiro atoms. The maximum absolute atomic E-state index is 4.13. The Balaban J connectivity index is 2.19. The number of rotatable bonds is 6. The fraction of sp³-hybridized carbons (Fsp3) is 0.125. The predicted octanol–water partition coefficient (Wildman–Crippen LogP) is 9.62. The van der Waals surface area contributed by atoms with E-state index in [1.165, 1.54) is 49.4 Å². The van der Waals surface area contributed by atoms with Crippen molar-refractivity contribution in [1.29, 1.82) is 0 Å². The molecule has 0 aliphatic heterocycles. The zero-order valence-corrected chi connectivity index (χ0v) is 19.2. The van der Waals surface area contributed by atoms with Gasteiger partial charge in [0.2, 0.25) is 0 Å². The molecule has 0 aliphatic carbocycles. The molecule has 0 bridgehead atoms. The summed E-state index contributed by atoms with van der Waals surface area (Å²) in [5.41, 5.74) is 7.43. The van der Waals surface area contributed by atoms with E-state index >= 15 is 0 Å². The molecule has 0 heteroatoms. The average Bonchev–Trinajstić information content (AvgIpc) is 2.85. The summed E-state index contributed by atoms with van der Waals surface area (Å²) in [7, 11) is 0. The van der Waals surface area contributed by atoms with Gasteiger partial charge in [0, 0.05) is 0 Å². The molecule has 0 radical (unpaired) electrons. The van der Waals surface area contributed by atoms with Crippen LogP contribution < -0.4 is 0 Å². The van der Waals surface area contributed by atoms with Crippen LogP contribution in [0.1, 0.15) is 38.3 Å². The summed E-state index contributed by atoms with van der Waals surface area (Å²) >= 11 is 0. The van der Waals surface area contributed by atoms with Crippen LogP contribution in [0.25, 0.3) is 43.8 Å². The molecule has 0 saturated heterocycles. The van der Waals surface area contributed by atoms with Gasteiger partial charge in [0.15, 0.2) is 0 Å². The zero-order chi connectivity index (χ0) is 22.5. The Kier molecular flexibility index (Phi) is 6.52. The summed E-state index contributed by atoms with van der Waals surface area (Å²) in [5.74, 6) is 0. The lowest BCUT2D eigenvalue weighted by Crippen LogP contribution is -1.94. The molecule has 0 unspecified atom stereocenters. The van der Waals surface area contributed by atoms with Crippen molar-refractivity contribution in [3.05, 3.63) is 121 Å². The van der Waals surface area contributed by atoms with Crippen LogP contribution in [0.4, 0.5) is 0 Å². The fourth-order valence-corrected chi connectivity index (χ4v) is 4.55. The van der Waals surface area contributed by atoms with Gasteiger partial charge in [-0.25, -0.2) is 0 Å². The van der Waals surface area contributed by atoms with E-state index in [2.05, 4.69) is 124 Å². The molecule has 0 fully saturated rings. The Morgan fingerprint density at radius 1 is 0.750 bits per heavy atom. The van der Waals surface area contributed by atoms with Crippen molar-refractivity contribution in [1.82, 2.24) is 0 Å². The van der Waals surface area contributed by atoms with Crippen LogP contribution in [-0.4, -0.2) is 0 Å². The Morgan fingerprint density at radius 3 is 2.06 bits per heavy atom. The van der Waals surface area contributed by atoms with E-state index in [1.54, 1.807) is 0 Å². The van der Waals surface area contributed by atoms with E-state index in [0.717, 1.165) is 12.0 Å². The standard InChI is InChI=1S/C32H30/c1-5-9-15-24(8-4)26-20-21-29-30(22-26)31(23(6-2)7-3)27-18-13-14-19-28(27)32(29)25-16-11-10-12-17-25/h6-22H,2,5H2,1,3-4H3/b15-9+,23-7+,24-8+. The van der Waals surface area contributed by atoms with Crippen LogP contribution in [0.15, 0.2) is 110 Å². The topological polar surface area (TPSA) is 0 Å². The molecule has 4 aromatic carbocycles. The van der Waals surface area contributed by atoms with Gasteiger partial charge in [-0.3, -0.25) is 0 Å². The van der Waals surface area contributed by atoms with Gasteiger partial charge in [0.1, 0.15) is 0 Å². The first-order valence-electron chi connectivity index (χ1n) is 11.4. The zero-order valence-electron chi connectivity index (χ0n) is 19.2. The van der Waals surface area contributed by atoms with Crippen LogP contribution in [0.3, 0.4) is 0 Å². The average molecular weight is 415 g/mol. The van der Waals surface area contributed by atoms with Crippen molar-refractivity contribution in [2.24, 2.45) is 0 Å². The van der Waals surface area contributed by atoms with Crippen LogP contribution in [0.5, 0.6) is 0 Å². The molecule has 0 aromatic heterocycles. The lowest BCUT2D eigenvalue weighted by molar-refractivity contribution is 1.22. The number of fused-ring (bicyclic) bond motifs is 2. The normalized spacial score (nSPS) is 12.7. The third-order valence-electron chi connectivity index (χ3n) is 6.08. The third-order valence-corrected chi connectivity index (χ3v) is 6.08. The quantitative estimate of drug-likeness (QED) is 0.217. The van der Waals surface area contributed by atoms with E-state index in [-0.39, 0.29) is 0 Å². The Morgan fingerprint density at radius 2 is 1.41 bits per heavy atom. The van der Waals surface area contributed by atoms with Gasteiger partial charge in [0.25, 0.3) is 0 Å². The minimum absolute atomic E-state index is 1.03. The maximum Gasteiger partial charge on any atom is -0.00264 e. The van der Waals surface area contributed by atoms with Crippen molar-refractivity contribution in [2.45, 2.75) is 27.2 Å². The van der Waals surface area contributed by atoms with Gasteiger partial charge in [-0.2, -0.15) is 0 Å². The molecular weight excluding hydrogens is 384 g/mol. The fourth-order valence-electron chi connectivity index (χ4n) is 4.55. The molecule has 0 aliphatic rings. The Bertz CT molecular complexity index is 1360. The highest BCUT2D eigenvalue weighted by Gasteiger charge is 2.17. The van der Waals surface area contributed by atoms with Crippen LogP contribution in [0, 0.1) is 0 Å². The molecule has 0 nitrogen and oxygen atoms in total. The van der Waals surface area contributed by atoms with Gasteiger partial charge >= 0.3 is 0 Å². The van der Waals surface area contributed by atoms with E-state index in [1.807, 2.05) is 6.08 Å². The van der Waals surface area contributed by atoms with E-state index < -0.39 is 0 Å². The molecule has 0 heterocycles. The summed E-state index contributed by atoms with van der Waals surface area (Å²) in [6.45, 7) is 10.5. The van der Waals surface area contributed by atoms with Crippen molar-refractivity contribution in [3.63, 3.8) is 0 Å². The minimum Gasteiger partial charge on any atom is -0.0985 e. The first-order valence-corrected chi connectivity index (χ1v) is 11.4. The second-order valence-corrected chi connectivity index (χ2v) is 7.92. The van der Waals surface area contributed by atoms with Gasteiger partial charge in [-0.15, -0.1) is 0 Å². The SMILES string of the molecule is C=C/C(=C\C)c1c2ccccc2c(-c2ccccc2)c2ccc(C(/C=C/CC)=C/C)cc12. The first kappa shape index (κ1) is 21.6. The molecule has 0 N–H and O–H groups in total. The van der Waals surface area contributed by atoms with E-state index in [9.17, 15) is 0 Å². The number of allylic oxidation sites excluding steroid dienone is 7. The highest BCUT2D eigenvalue weighted by molar-refractivity contribution is 6.19. The molecular formula is C32H30. The van der Waals surface area contributed by atoms with Crippen molar-refractivity contribution < 1.29 is 0 Å². The van der Waals surface area contributed by atoms with Gasteiger partial charge in [-0.05, 0) is 81.3 Å². The lowest BCUT2D eigenvalue weighted by Gasteiger charge is -2.19. The summed E-state index contributed by atoms with van der Waals surface area (Å²) in [6.07, 6.45) is 11.8. The van der Waals surface area contributed by atoms with Crippen LogP contribution in [0.2, 0.25) is 0 Å². The summed E-state index contributed by atoms with van der Waals surface area (Å²) in [6, 6.07) is 26.4. The third kappa shape index (κ3) is 3.85. The smallest absolute Gasteiger partial charge is 0.00264 e. The minimum atomic E-state index is 1.03. The molecule has 4 rings (SSSR count). The highest BCUT2D eigenvalue weighted by Crippen LogP contribution is 2.42. The van der Waals surface area contributed by atoms with Crippen LogP contribution >= 0.6 is 0 Å². The van der Waals surface area contributed by atoms with Crippen molar-refractivity contribution in [2.75, 3.05) is 0 Å². The number of hydrogen-bond acceptors (Lipinski definition) is 0. The van der Waals surface area contributed by atoms with Gasteiger partial charge < -0.3 is 0 Å². The van der Waals surface area contributed by atoms with Gasteiger partial charge in [-0.1, -0.05) is 111 Å². The first-order chi connectivity index (χ1) is 15.7. The molecule has 0 amide bonds. The Hall–Kier alpha value is -3.64. The largest absolute Gasteiger partial charge is 0.0985 e. The highest BCUT2D eigenvalue weighted by atomic mass is 14.2. The Labute approximate surface area is 191 Å². The number of hydrogen-bond donors (Lipinski definition) is 0. The lowest BCUT2D eigenvalue weighted by atomic mass is 9.84. The van der Waals surface area contributed by atoms with Crippen molar-refractivity contribution in [3.8, 4) is 11.1 Å². The van der Waals surface area contributed by atoms with Gasteiger partial charge in [0.05, 0.1) is 0 Å². The molecule has 158 valence electrons. The summed E-state index contributed by atoms with van der Waals surface area (Å²) < 4.78 is 0. The van der Waals surface area contributed by atoms with Crippen molar-refractivity contribution >= 4 is 32.7 Å². The number of benzene rings is 4. The molecule has 32 heavy (non-hydrogen) atoms. The molecule has 0 atom stereocenters. The van der Waals surface area contributed by atoms with E-state index in [0.29, 0.717) is 0 Å². The molecule has 4 aromatic rings. The second kappa shape index (κ2) is 9.66. The summed E-state index contributed by atoms with van der Waals surface area (Å²) in [5, 5.41) is 5.06. The summed E-state index contributed by atoms with van der Waals surface area (Å²) in [4.78, 5) is 0. The van der Waals surface area contributed by atoms with E-state index in [4.69, 9.17) is 0 Å². The predicted molar refractivity (Wildman–Crippen MR) is 144 cm³/mol. The monoisotopic (exact) mass is 414 g/mol. The maximum atomic E-state index is 4.13. The molecule has 0 saturated carbocycles. The second-order valence-electron chi connectivity index (χ2n) is 7.92. The van der Waals surface area contributed by atoms with Crippen LogP contribution in [-0.2, 0) is 0 Å².